The van der Waals surface area contributed by atoms with Crippen molar-refractivity contribution < 1.29 is 0 Å². The molecule has 10 aromatic carbocycles. The summed E-state index contributed by atoms with van der Waals surface area (Å²) in [6, 6.07) is 83.6. The maximum atomic E-state index is 5.36. The summed E-state index contributed by atoms with van der Waals surface area (Å²) in [4.78, 5) is 10.6. The van der Waals surface area contributed by atoms with Crippen molar-refractivity contribution in [3.8, 4) is 56.2 Å². The molecule has 0 aliphatic heterocycles. The van der Waals surface area contributed by atoms with Crippen LogP contribution in [0.2, 0.25) is 0 Å². The first-order chi connectivity index (χ1) is 30.3. The molecule has 11 aromatic rings. The Morgan fingerprint density at radius 3 is 1.56 bits per heavy atom. The van der Waals surface area contributed by atoms with E-state index in [2.05, 4.69) is 224 Å². The van der Waals surface area contributed by atoms with Gasteiger partial charge >= 0.3 is 0 Å². The minimum Gasteiger partial charge on any atom is -0.228 e. The average molecular weight is 775 g/mol. The highest BCUT2D eigenvalue weighted by Crippen LogP contribution is 2.58. The highest BCUT2D eigenvalue weighted by atomic mass is 14.9. The molecule has 61 heavy (non-hydrogen) atoms. The molecule has 0 saturated carbocycles. The van der Waals surface area contributed by atoms with Crippen LogP contribution in [0.1, 0.15) is 22.3 Å². The van der Waals surface area contributed by atoms with Gasteiger partial charge in [0.15, 0.2) is 5.82 Å². The van der Waals surface area contributed by atoms with E-state index in [1.54, 1.807) is 0 Å². The Morgan fingerprint density at radius 1 is 0.295 bits per heavy atom. The van der Waals surface area contributed by atoms with E-state index in [-0.39, 0.29) is 0 Å². The quantitative estimate of drug-likeness (QED) is 0.168. The first kappa shape index (κ1) is 35.0. The normalized spacial score (nSPS) is 12.7. The summed E-state index contributed by atoms with van der Waals surface area (Å²) < 4.78 is 0. The van der Waals surface area contributed by atoms with Crippen LogP contribution in [-0.4, -0.2) is 9.97 Å². The Labute approximate surface area is 355 Å². The van der Waals surface area contributed by atoms with E-state index in [4.69, 9.17) is 9.97 Å². The maximum absolute atomic E-state index is 5.36. The zero-order chi connectivity index (χ0) is 40.3. The second-order valence-corrected chi connectivity index (χ2v) is 16.0. The summed E-state index contributed by atoms with van der Waals surface area (Å²) >= 11 is 0. The Morgan fingerprint density at radius 2 is 0.836 bits per heavy atom. The molecular weight excluding hydrogens is 737 g/mol. The zero-order valence-electron chi connectivity index (χ0n) is 33.3. The summed E-state index contributed by atoms with van der Waals surface area (Å²) in [6.45, 7) is 0. The number of rotatable bonds is 6. The van der Waals surface area contributed by atoms with Gasteiger partial charge in [0.1, 0.15) is 0 Å². The van der Waals surface area contributed by atoms with Gasteiger partial charge in [-0.1, -0.05) is 218 Å². The van der Waals surface area contributed by atoms with Crippen molar-refractivity contribution in [1.29, 1.82) is 0 Å². The van der Waals surface area contributed by atoms with Crippen LogP contribution in [0.3, 0.4) is 0 Å². The molecule has 0 spiro atoms. The van der Waals surface area contributed by atoms with Crippen molar-refractivity contribution in [1.82, 2.24) is 9.97 Å². The molecule has 0 saturated heterocycles. The lowest BCUT2D eigenvalue weighted by Crippen LogP contribution is -2.28. The standard InChI is InChI=1S/C59H38N2/c1-4-19-41(20-5-1)55-38-56(61-58(60-55)52-30-16-21-39-17-10-12-26-45(39)52)50-35-34-46(48-28-14-15-29-49(48)50)42-32-36-54-53(37-42)51-33-31-40-18-11-13-27-47(40)57(51)59(54,43-22-6-2-7-23-43)44-24-8-3-9-25-44/h1-38H. The Balaban J connectivity index is 1.07. The molecule has 284 valence electrons. The van der Waals surface area contributed by atoms with Gasteiger partial charge in [0.2, 0.25) is 0 Å². The van der Waals surface area contributed by atoms with Crippen molar-refractivity contribution in [2.45, 2.75) is 5.41 Å². The van der Waals surface area contributed by atoms with Gasteiger partial charge < -0.3 is 0 Å². The lowest BCUT2D eigenvalue weighted by atomic mass is 9.66. The smallest absolute Gasteiger partial charge is 0.161 e. The third-order valence-electron chi connectivity index (χ3n) is 12.8. The van der Waals surface area contributed by atoms with E-state index >= 15 is 0 Å². The summed E-state index contributed by atoms with van der Waals surface area (Å²) in [5.41, 5.74) is 14.5. The lowest BCUT2D eigenvalue weighted by Gasteiger charge is -2.34. The molecule has 0 bridgehead atoms. The molecule has 0 amide bonds. The summed E-state index contributed by atoms with van der Waals surface area (Å²) in [5.74, 6) is 0.714. The van der Waals surface area contributed by atoms with Gasteiger partial charge in [0.05, 0.1) is 16.8 Å². The average Bonchev–Trinajstić information content (AvgIpc) is 3.65. The number of aromatic nitrogens is 2. The van der Waals surface area contributed by atoms with Crippen LogP contribution in [0.25, 0.3) is 88.5 Å². The number of benzene rings is 10. The van der Waals surface area contributed by atoms with Gasteiger partial charge in [-0.15, -0.1) is 0 Å². The number of nitrogens with zero attached hydrogens (tertiary/aromatic N) is 2. The summed E-state index contributed by atoms with van der Waals surface area (Å²) in [5, 5.41) is 7.16. The van der Waals surface area contributed by atoms with Crippen LogP contribution < -0.4 is 0 Å². The zero-order valence-corrected chi connectivity index (χ0v) is 33.3. The molecular formula is C59H38N2. The van der Waals surface area contributed by atoms with Crippen LogP contribution in [0.15, 0.2) is 231 Å². The van der Waals surface area contributed by atoms with E-state index < -0.39 is 5.41 Å². The summed E-state index contributed by atoms with van der Waals surface area (Å²) in [6.07, 6.45) is 0. The lowest BCUT2D eigenvalue weighted by molar-refractivity contribution is 0.775. The topological polar surface area (TPSA) is 25.8 Å². The SMILES string of the molecule is c1ccc(-c2cc(-c3ccc(-c4ccc5c(c4)-c4ccc6ccccc6c4C5(c4ccccc4)c4ccccc4)c4ccccc34)nc(-c3cccc4ccccc34)n2)cc1. The fourth-order valence-corrected chi connectivity index (χ4v) is 10.1. The van der Waals surface area contributed by atoms with E-state index in [1.165, 1.54) is 66.1 Å². The summed E-state index contributed by atoms with van der Waals surface area (Å²) in [7, 11) is 0. The maximum Gasteiger partial charge on any atom is 0.161 e. The van der Waals surface area contributed by atoms with Gasteiger partial charge in [-0.2, -0.15) is 0 Å². The molecule has 1 heterocycles. The molecule has 1 aromatic heterocycles. The van der Waals surface area contributed by atoms with Crippen molar-refractivity contribution in [3.05, 3.63) is 253 Å². The van der Waals surface area contributed by atoms with Crippen LogP contribution in [-0.2, 0) is 5.41 Å². The van der Waals surface area contributed by atoms with Crippen molar-refractivity contribution in [2.24, 2.45) is 0 Å². The predicted octanol–water partition coefficient (Wildman–Crippen LogP) is 15.0. The molecule has 0 atom stereocenters. The second kappa shape index (κ2) is 14.1. The van der Waals surface area contributed by atoms with E-state index in [9.17, 15) is 0 Å². The van der Waals surface area contributed by atoms with Gasteiger partial charge in [-0.25, -0.2) is 9.97 Å². The first-order valence-electron chi connectivity index (χ1n) is 21.0. The van der Waals surface area contributed by atoms with Crippen molar-refractivity contribution >= 4 is 32.3 Å². The van der Waals surface area contributed by atoms with Gasteiger partial charge in [0, 0.05) is 16.7 Å². The second-order valence-electron chi connectivity index (χ2n) is 16.0. The van der Waals surface area contributed by atoms with Crippen LogP contribution >= 0.6 is 0 Å². The molecule has 12 rings (SSSR count). The van der Waals surface area contributed by atoms with Gasteiger partial charge in [-0.05, 0) is 89.0 Å². The molecule has 2 nitrogen and oxygen atoms in total. The highest BCUT2D eigenvalue weighted by Gasteiger charge is 2.47. The molecule has 0 unspecified atom stereocenters. The Kier molecular flexibility index (Phi) is 8.11. The number of fused-ring (bicyclic) bond motifs is 7. The Bertz CT molecular complexity index is 3420. The monoisotopic (exact) mass is 774 g/mol. The van der Waals surface area contributed by atoms with E-state index in [0.717, 1.165) is 38.9 Å². The molecule has 1 aliphatic rings. The van der Waals surface area contributed by atoms with E-state index in [0.29, 0.717) is 5.82 Å². The first-order valence-corrected chi connectivity index (χ1v) is 21.0. The predicted molar refractivity (Wildman–Crippen MR) is 254 cm³/mol. The Hall–Kier alpha value is -7.94. The molecule has 0 N–H and O–H groups in total. The minimum absolute atomic E-state index is 0.496. The van der Waals surface area contributed by atoms with Gasteiger partial charge in [-0.3, -0.25) is 0 Å². The fourth-order valence-electron chi connectivity index (χ4n) is 10.1. The molecule has 0 fully saturated rings. The van der Waals surface area contributed by atoms with Crippen LogP contribution in [0.5, 0.6) is 0 Å². The molecule has 1 aliphatic carbocycles. The van der Waals surface area contributed by atoms with Crippen LogP contribution in [0.4, 0.5) is 0 Å². The molecule has 0 radical (unpaired) electrons. The molecule has 2 heteroatoms. The van der Waals surface area contributed by atoms with Gasteiger partial charge in [0.25, 0.3) is 0 Å². The highest BCUT2D eigenvalue weighted by molar-refractivity contribution is 6.07. The van der Waals surface area contributed by atoms with Crippen molar-refractivity contribution in [2.75, 3.05) is 0 Å². The third-order valence-corrected chi connectivity index (χ3v) is 12.8. The minimum atomic E-state index is -0.496. The van der Waals surface area contributed by atoms with Crippen LogP contribution in [0, 0.1) is 0 Å². The largest absolute Gasteiger partial charge is 0.228 e. The number of hydrogen-bond donors (Lipinski definition) is 0. The van der Waals surface area contributed by atoms with Crippen molar-refractivity contribution in [3.63, 3.8) is 0 Å². The third kappa shape index (κ3) is 5.50. The number of hydrogen-bond acceptors (Lipinski definition) is 2. The van der Waals surface area contributed by atoms with E-state index in [1.807, 2.05) is 6.07 Å². The fraction of sp³-hybridized carbons (Fsp3) is 0.0169.